The fourth-order valence-corrected chi connectivity index (χ4v) is 7.81. The zero-order valence-electron chi connectivity index (χ0n) is 17.5. The molecule has 4 rings (SSSR count). The maximum atomic E-state index is 12.2. The molecule has 3 fully saturated rings. The van der Waals surface area contributed by atoms with Crippen LogP contribution in [0.4, 0.5) is 0 Å². The molecular formula is C23H34O5. The molecule has 5 heteroatoms. The fourth-order valence-electron chi connectivity index (χ4n) is 7.81. The molecular weight excluding hydrogens is 356 g/mol. The van der Waals surface area contributed by atoms with Crippen molar-refractivity contribution in [2.75, 3.05) is 0 Å². The molecule has 9 atom stereocenters. The van der Waals surface area contributed by atoms with Crippen molar-refractivity contribution in [2.45, 2.75) is 84.5 Å². The van der Waals surface area contributed by atoms with E-state index in [9.17, 15) is 19.8 Å². The Morgan fingerprint density at radius 3 is 2.43 bits per heavy atom. The third kappa shape index (κ3) is 2.72. The second-order valence-electron chi connectivity index (χ2n) is 10.3. The largest absolute Gasteiger partial charge is 0.459 e. The first-order valence-corrected chi connectivity index (χ1v) is 10.8. The standard InChI is InChI=1S/C23H34O5/c1-12(24)15-7-8-16-14-5-6-18-21(28-13(2)25)20(27)19(26)11-23(18,4)17(14)9-10-22(15,16)3/h7,14,16-21,26-27H,5-6,8-11H2,1-4H3. The van der Waals surface area contributed by atoms with Gasteiger partial charge in [0.05, 0.1) is 6.10 Å². The zero-order chi connectivity index (χ0) is 20.4. The molecule has 156 valence electrons. The molecule has 4 aliphatic rings. The molecule has 5 nitrogen and oxygen atoms in total. The Bertz CT molecular complexity index is 714. The Morgan fingerprint density at radius 1 is 1.07 bits per heavy atom. The van der Waals surface area contributed by atoms with E-state index in [4.69, 9.17) is 4.74 Å². The van der Waals surface area contributed by atoms with Gasteiger partial charge in [0, 0.05) is 12.8 Å². The van der Waals surface area contributed by atoms with Crippen LogP contribution in [0.5, 0.6) is 0 Å². The average Bonchev–Trinajstić information content (AvgIpc) is 2.96. The minimum atomic E-state index is -1.01. The van der Waals surface area contributed by atoms with Crippen LogP contribution >= 0.6 is 0 Å². The molecule has 28 heavy (non-hydrogen) atoms. The molecule has 0 saturated heterocycles. The summed E-state index contributed by atoms with van der Waals surface area (Å²) >= 11 is 0. The molecule has 2 N–H and O–H groups in total. The van der Waals surface area contributed by atoms with Gasteiger partial charge in [0.1, 0.15) is 12.2 Å². The third-order valence-corrected chi connectivity index (χ3v) is 8.98. The van der Waals surface area contributed by atoms with Crippen LogP contribution in [0.1, 0.15) is 66.2 Å². The highest BCUT2D eigenvalue weighted by molar-refractivity contribution is 5.95. The normalized spacial score (nSPS) is 50.1. The molecule has 3 saturated carbocycles. The summed E-state index contributed by atoms with van der Waals surface area (Å²) in [6.07, 6.45) is 5.11. The summed E-state index contributed by atoms with van der Waals surface area (Å²) in [7, 11) is 0. The van der Waals surface area contributed by atoms with Gasteiger partial charge in [-0.25, -0.2) is 0 Å². The van der Waals surface area contributed by atoms with Gasteiger partial charge in [-0.1, -0.05) is 19.9 Å². The lowest BCUT2D eigenvalue weighted by Crippen LogP contribution is -2.62. The lowest BCUT2D eigenvalue weighted by atomic mass is 9.44. The van der Waals surface area contributed by atoms with Gasteiger partial charge in [-0.3, -0.25) is 9.59 Å². The number of hydrogen-bond acceptors (Lipinski definition) is 5. The number of fused-ring (bicyclic) bond motifs is 5. The topological polar surface area (TPSA) is 83.8 Å². The molecule has 0 radical (unpaired) electrons. The van der Waals surface area contributed by atoms with Crippen LogP contribution in [0, 0.1) is 34.5 Å². The predicted octanol–water partition coefficient (Wildman–Crippen LogP) is 3.03. The number of aliphatic hydroxyl groups excluding tert-OH is 2. The third-order valence-electron chi connectivity index (χ3n) is 8.98. The number of esters is 1. The van der Waals surface area contributed by atoms with E-state index in [0.29, 0.717) is 24.2 Å². The Hall–Kier alpha value is -1.20. The van der Waals surface area contributed by atoms with E-state index < -0.39 is 24.3 Å². The van der Waals surface area contributed by atoms with Crippen LogP contribution in [0.25, 0.3) is 0 Å². The molecule has 9 unspecified atom stereocenters. The number of aliphatic hydroxyl groups is 2. The van der Waals surface area contributed by atoms with Gasteiger partial charge in [-0.2, -0.15) is 0 Å². The van der Waals surface area contributed by atoms with E-state index in [2.05, 4.69) is 19.9 Å². The van der Waals surface area contributed by atoms with Gasteiger partial charge in [0.25, 0.3) is 0 Å². The average molecular weight is 391 g/mol. The van der Waals surface area contributed by atoms with E-state index >= 15 is 0 Å². The molecule has 0 aliphatic heterocycles. The first-order chi connectivity index (χ1) is 13.1. The number of carbonyl (C=O) groups is 2. The zero-order valence-corrected chi connectivity index (χ0v) is 17.5. The highest BCUT2D eigenvalue weighted by Crippen LogP contribution is 2.66. The first kappa shape index (κ1) is 20.1. The first-order valence-electron chi connectivity index (χ1n) is 10.8. The number of carbonyl (C=O) groups excluding carboxylic acids is 2. The number of rotatable bonds is 2. The summed E-state index contributed by atoms with van der Waals surface area (Å²) in [5.41, 5.74) is 0.820. The number of ketones is 1. The van der Waals surface area contributed by atoms with Gasteiger partial charge >= 0.3 is 5.97 Å². The molecule has 0 amide bonds. The minimum Gasteiger partial charge on any atom is -0.459 e. The Kier molecular flexibility index (Phi) is 4.78. The van der Waals surface area contributed by atoms with Crippen LogP contribution < -0.4 is 0 Å². The van der Waals surface area contributed by atoms with Crippen molar-refractivity contribution >= 4 is 11.8 Å². The number of ether oxygens (including phenoxy) is 1. The van der Waals surface area contributed by atoms with Crippen molar-refractivity contribution in [3.8, 4) is 0 Å². The van der Waals surface area contributed by atoms with Crippen LogP contribution in [-0.2, 0) is 14.3 Å². The fraction of sp³-hybridized carbons (Fsp3) is 0.826. The highest BCUT2D eigenvalue weighted by Gasteiger charge is 2.62. The monoisotopic (exact) mass is 390 g/mol. The van der Waals surface area contributed by atoms with Crippen molar-refractivity contribution in [1.82, 2.24) is 0 Å². The summed E-state index contributed by atoms with van der Waals surface area (Å²) < 4.78 is 5.54. The van der Waals surface area contributed by atoms with Crippen LogP contribution in [0.15, 0.2) is 11.6 Å². The lowest BCUT2D eigenvalue weighted by Gasteiger charge is -2.62. The van der Waals surface area contributed by atoms with Gasteiger partial charge in [-0.15, -0.1) is 0 Å². The Labute approximate surface area is 167 Å². The predicted molar refractivity (Wildman–Crippen MR) is 104 cm³/mol. The van der Waals surface area contributed by atoms with Gasteiger partial charge in [-0.05, 0) is 79.6 Å². The smallest absolute Gasteiger partial charge is 0.303 e. The summed E-state index contributed by atoms with van der Waals surface area (Å²) in [6.45, 7) is 7.56. The second kappa shape index (κ2) is 6.66. The molecule has 0 aromatic heterocycles. The minimum absolute atomic E-state index is 0.0295. The van der Waals surface area contributed by atoms with Crippen LogP contribution in [0.3, 0.4) is 0 Å². The number of Topliss-reactive ketones (excluding diaryl/α,β-unsaturated/α-hetero) is 1. The van der Waals surface area contributed by atoms with Crippen molar-refractivity contribution in [3.63, 3.8) is 0 Å². The molecule has 0 heterocycles. The number of allylic oxidation sites excluding steroid dienone is 2. The Morgan fingerprint density at radius 2 is 1.79 bits per heavy atom. The Balaban J connectivity index is 1.65. The highest BCUT2D eigenvalue weighted by atomic mass is 16.6. The van der Waals surface area contributed by atoms with Crippen molar-refractivity contribution < 1.29 is 24.5 Å². The molecule has 0 aromatic rings. The van der Waals surface area contributed by atoms with E-state index in [1.54, 1.807) is 6.92 Å². The van der Waals surface area contributed by atoms with E-state index in [-0.39, 0.29) is 22.5 Å². The van der Waals surface area contributed by atoms with E-state index in [0.717, 1.165) is 37.7 Å². The van der Waals surface area contributed by atoms with Crippen molar-refractivity contribution in [1.29, 1.82) is 0 Å². The molecule has 4 aliphatic carbocycles. The van der Waals surface area contributed by atoms with Gasteiger partial charge < -0.3 is 14.9 Å². The molecule has 0 spiro atoms. The van der Waals surface area contributed by atoms with Gasteiger partial charge in [0.2, 0.25) is 0 Å². The van der Waals surface area contributed by atoms with Crippen LogP contribution in [-0.4, -0.2) is 40.3 Å². The summed E-state index contributed by atoms with van der Waals surface area (Å²) in [5.74, 6) is 1.28. The van der Waals surface area contributed by atoms with Crippen molar-refractivity contribution in [3.05, 3.63) is 11.6 Å². The van der Waals surface area contributed by atoms with E-state index in [1.807, 2.05) is 0 Å². The molecule has 0 bridgehead atoms. The number of hydrogen-bond donors (Lipinski definition) is 2. The summed E-state index contributed by atoms with van der Waals surface area (Å²) in [5, 5.41) is 21.2. The van der Waals surface area contributed by atoms with E-state index in [1.165, 1.54) is 6.92 Å². The maximum absolute atomic E-state index is 12.2. The maximum Gasteiger partial charge on any atom is 0.303 e. The SMILES string of the molecule is CC(=O)OC1C(O)C(O)CC2(C)C3CCC4(C)C(C(C)=O)=CCC4C3CCC12. The summed E-state index contributed by atoms with van der Waals surface area (Å²) in [4.78, 5) is 23.9. The summed E-state index contributed by atoms with van der Waals surface area (Å²) in [6, 6.07) is 0. The van der Waals surface area contributed by atoms with Crippen molar-refractivity contribution in [2.24, 2.45) is 34.5 Å². The van der Waals surface area contributed by atoms with Crippen LogP contribution in [0.2, 0.25) is 0 Å². The lowest BCUT2D eigenvalue weighted by molar-refractivity contribution is -0.218. The van der Waals surface area contributed by atoms with Gasteiger partial charge in [0.15, 0.2) is 5.78 Å². The molecule has 0 aromatic carbocycles. The second-order valence-corrected chi connectivity index (χ2v) is 10.3. The quantitative estimate of drug-likeness (QED) is 0.708.